The molecule has 2 rings (SSSR count). The molecule has 1 unspecified atom stereocenters. The van der Waals surface area contributed by atoms with Gasteiger partial charge in [0.2, 0.25) is 0 Å². The molecule has 1 atom stereocenters. The number of hydrogen-bond donors (Lipinski definition) is 1. The maximum absolute atomic E-state index is 5.14. The van der Waals surface area contributed by atoms with Crippen LogP contribution in [0.3, 0.4) is 0 Å². The molecule has 17 heavy (non-hydrogen) atoms. The second-order valence-corrected chi connectivity index (χ2v) is 5.30. The molecule has 1 N–H and O–H groups in total. The minimum absolute atomic E-state index is 0.462. The fourth-order valence-corrected chi connectivity index (χ4v) is 2.57. The summed E-state index contributed by atoms with van der Waals surface area (Å²) in [4.78, 5) is 0. The van der Waals surface area contributed by atoms with Crippen LogP contribution >= 0.6 is 0 Å². The van der Waals surface area contributed by atoms with Gasteiger partial charge < -0.3 is 10.1 Å². The second-order valence-electron chi connectivity index (χ2n) is 5.30. The standard InChI is InChI=1S/C15H23NO/c1-11-4-6-13(7-5-11)14-8-15(9-14)16-12(2)10-17-3/h4-7,12,14-16H,8-10H2,1-3H3. The summed E-state index contributed by atoms with van der Waals surface area (Å²) < 4.78 is 5.14. The van der Waals surface area contributed by atoms with Gasteiger partial charge in [-0.25, -0.2) is 0 Å². The average molecular weight is 233 g/mol. The molecular formula is C15H23NO. The Labute approximate surface area is 104 Å². The Kier molecular flexibility index (Phi) is 4.19. The summed E-state index contributed by atoms with van der Waals surface area (Å²) in [5.41, 5.74) is 2.84. The van der Waals surface area contributed by atoms with E-state index >= 15 is 0 Å². The molecule has 2 nitrogen and oxygen atoms in total. The van der Waals surface area contributed by atoms with E-state index in [9.17, 15) is 0 Å². The molecule has 1 aromatic carbocycles. The molecule has 1 fully saturated rings. The van der Waals surface area contributed by atoms with E-state index in [2.05, 4.69) is 43.4 Å². The van der Waals surface area contributed by atoms with Crippen molar-refractivity contribution in [2.75, 3.05) is 13.7 Å². The van der Waals surface area contributed by atoms with Crippen molar-refractivity contribution < 1.29 is 4.74 Å². The molecule has 0 bridgehead atoms. The van der Waals surface area contributed by atoms with Crippen molar-refractivity contribution in [3.05, 3.63) is 35.4 Å². The van der Waals surface area contributed by atoms with Crippen LogP contribution in [0.1, 0.15) is 36.8 Å². The summed E-state index contributed by atoms with van der Waals surface area (Å²) in [6.45, 7) is 5.12. The summed E-state index contributed by atoms with van der Waals surface area (Å²) in [5, 5.41) is 3.60. The number of hydrogen-bond acceptors (Lipinski definition) is 2. The lowest BCUT2D eigenvalue weighted by Gasteiger charge is -2.38. The normalized spacial score (nSPS) is 25.4. The van der Waals surface area contributed by atoms with Gasteiger partial charge in [-0.3, -0.25) is 0 Å². The molecule has 0 aliphatic heterocycles. The van der Waals surface area contributed by atoms with Crippen LogP contribution in [-0.2, 0) is 4.74 Å². The lowest BCUT2D eigenvalue weighted by atomic mass is 9.75. The monoisotopic (exact) mass is 233 g/mol. The predicted octanol–water partition coefficient (Wildman–Crippen LogP) is 2.87. The fourth-order valence-electron chi connectivity index (χ4n) is 2.57. The third-order valence-corrected chi connectivity index (χ3v) is 3.62. The van der Waals surface area contributed by atoms with Crippen molar-refractivity contribution in [3.63, 3.8) is 0 Å². The first-order valence-electron chi connectivity index (χ1n) is 6.50. The zero-order valence-electron chi connectivity index (χ0n) is 11.1. The molecule has 0 spiro atoms. The van der Waals surface area contributed by atoms with Gasteiger partial charge in [-0.05, 0) is 38.2 Å². The van der Waals surface area contributed by atoms with Crippen molar-refractivity contribution in [1.29, 1.82) is 0 Å². The molecule has 1 aromatic rings. The van der Waals surface area contributed by atoms with Gasteiger partial charge in [-0.1, -0.05) is 29.8 Å². The number of methoxy groups -OCH3 is 1. The third kappa shape index (κ3) is 3.30. The first-order chi connectivity index (χ1) is 8.19. The van der Waals surface area contributed by atoms with E-state index in [-0.39, 0.29) is 0 Å². The van der Waals surface area contributed by atoms with E-state index < -0.39 is 0 Å². The topological polar surface area (TPSA) is 21.3 Å². The van der Waals surface area contributed by atoms with Crippen molar-refractivity contribution >= 4 is 0 Å². The quantitative estimate of drug-likeness (QED) is 0.844. The van der Waals surface area contributed by atoms with Gasteiger partial charge in [-0.2, -0.15) is 0 Å². The molecule has 0 heterocycles. The minimum atomic E-state index is 0.462. The van der Waals surface area contributed by atoms with E-state index in [1.165, 1.54) is 24.0 Å². The highest BCUT2D eigenvalue weighted by Crippen LogP contribution is 2.37. The summed E-state index contributed by atoms with van der Waals surface area (Å²) in [6.07, 6.45) is 2.52. The van der Waals surface area contributed by atoms with Gasteiger partial charge in [0, 0.05) is 19.2 Å². The van der Waals surface area contributed by atoms with Crippen molar-refractivity contribution in [2.45, 2.75) is 44.7 Å². The minimum Gasteiger partial charge on any atom is -0.383 e. The lowest BCUT2D eigenvalue weighted by Crippen LogP contribution is -2.45. The smallest absolute Gasteiger partial charge is 0.0613 e. The van der Waals surface area contributed by atoms with Gasteiger partial charge in [0.15, 0.2) is 0 Å². The van der Waals surface area contributed by atoms with Crippen LogP contribution in [0.4, 0.5) is 0 Å². The molecule has 1 aliphatic rings. The van der Waals surface area contributed by atoms with Gasteiger partial charge in [-0.15, -0.1) is 0 Å². The number of ether oxygens (including phenoxy) is 1. The molecule has 0 saturated heterocycles. The summed E-state index contributed by atoms with van der Waals surface area (Å²) in [5.74, 6) is 0.753. The van der Waals surface area contributed by atoms with Crippen LogP contribution in [-0.4, -0.2) is 25.8 Å². The second kappa shape index (κ2) is 5.65. The Bertz CT molecular complexity index is 340. The van der Waals surface area contributed by atoms with Crippen LogP contribution in [0.5, 0.6) is 0 Å². The van der Waals surface area contributed by atoms with Gasteiger partial charge in [0.25, 0.3) is 0 Å². The van der Waals surface area contributed by atoms with Crippen LogP contribution in [0.2, 0.25) is 0 Å². The molecular weight excluding hydrogens is 210 g/mol. The van der Waals surface area contributed by atoms with E-state index in [0.29, 0.717) is 12.1 Å². The zero-order chi connectivity index (χ0) is 12.3. The SMILES string of the molecule is COCC(C)NC1CC(c2ccc(C)cc2)C1. The number of aryl methyl sites for hydroxylation is 1. The Morgan fingerprint density at radius 1 is 1.29 bits per heavy atom. The lowest BCUT2D eigenvalue weighted by molar-refractivity contribution is 0.152. The largest absolute Gasteiger partial charge is 0.383 e. The number of rotatable bonds is 5. The molecule has 1 saturated carbocycles. The van der Waals surface area contributed by atoms with Crippen molar-refractivity contribution in [2.24, 2.45) is 0 Å². The molecule has 0 aromatic heterocycles. The first-order valence-corrected chi connectivity index (χ1v) is 6.50. The summed E-state index contributed by atoms with van der Waals surface area (Å²) in [7, 11) is 1.76. The Morgan fingerprint density at radius 2 is 1.94 bits per heavy atom. The van der Waals surface area contributed by atoms with Crippen LogP contribution in [0.15, 0.2) is 24.3 Å². The first kappa shape index (κ1) is 12.6. The highest BCUT2D eigenvalue weighted by molar-refractivity contribution is 5.26. The Hall–Kier alpha value is -0.860. The zero-order valence-corrected chi connectivity index (χ0v) is 11.1. The van der Waals surface area contributed by atoms with E-state index in [1.54, 1.807) is 7.11 Å². The number of nitrogens with one attached hydrogen (secondary N) is 1. The summed E-state index contributed by atoms with van der Waals surface area (Å²) >= 11 is 0. The maximum atomic E-state index is 5.14. The van der Waals surface area contributed by atoms with Gasteiger partial charge >= 0.3 is 0 Å². The molecule has 1 aliphatic carbocycles. The molecule has 0 radical (unpaired) electrons. The molecule has 2 heteroatoms. The maximum Gasteiger partial charge on any atom is 0.0613 e. The Morgan fingerprint density at radius 3 is 2.53 bits per heavy atom. The van der Waals surface area contributed by atoms with E-state index in [1.807, 2.05) is 0 Å². The molecule has 0 amide bonds. The van der Waals surface area contributed by atoms with Gasteiger partial charge in [0.05, 0.1) is 6.61 Å². The van der Waals surface area contributed by atoms with Crippen LogP contribution in [0, 0.1) is 6.92 Å². The highest BCUT2D eigenvalue weighted by Gasteiger charge is 2.30. The van der Waals surface area contributed by atoms with Crippen LogP contribution in [0.25, 0.3) is 0 Å². The third-order valence-electron chi connectivity index (χ3n) is 3.62. The fraction of sp³-hybridized carbons (Fsp3) is 0.600. The molecule has 94 valence electrons. The van der Waals surface area contributed by atoms with E-state index in [4.69, 9.17) is 4.74 Å². The van der Waals surface area contributed by atoms with Gasteiger partial charge in [0.1, 0.15) is 0 Å². The van der Waals surface area contributed by atoms with Crippen molar-refractivity contribution in [1.82, 2.24) is 5.32 Å². The Balaban J connectivity index is 1.77. The van der Waals surface area contributed by atoms with E-state index in [0.717, 1.165) is 12.5 Å². The highest BCUT2D eigenvalue weighted by atomic mass is 16.5. The van der Waals surface area contributed by atoms with Crippen molar-refractivity contribution in [3.8, 4) is 0 Å². The summed E-state index contributed by atoms with van der Waals surface area (Å²) in [6, 6.07) is 10.1. The predicted molar refractivity (Wildman–Crippen MR) is 71.4 cm³/mol. The number of benzene rings is 1. The van der Waals surface area contributed by atoms with Crippen LogP contribution < -0.4 is 5.32 Å². The average Bonchev–Trinajstić information content (AvgIpc) is 2.25.